The molecule has 11 heteroatoms. The lowest BCUT2D eigenvalue weighted by atomic mass is 9.91. The van der Waals surface area contributed by atoms with Crippen molar-refractivity contribution in [2.45, 2.75) is 0 Å². The maximum atomic E-state index is 10.7. The van der Waals surface area contributed by atoms with E-state index in [0.29, 0.717) is 0 Å². The van der Waals surface area contributed by atoms with Gasteiger partial charge in [-0.15, -0.1) is 0 Å². The van der Waals surface area contributed by atoms with Crippen LogP contribution < -0.4 is 0 Å². The van der Waals surface area contributed by atoms with Crippen molar-refractivity contribution in [1.29, 1.82) is 0 Å². The molecule has 0 amide bonds. The van der Waals surface area contributed by atoms with Gasteiger partial charge in [-0.3, -0.25) is 4.52 Å². The smallest absolute Gasteiger partial charge is 0.396 e. The van der Waals surface area contributed by atoms with E-state index in [2.05, 4.69) is 4.52 Å². The molecule has 0 aliphatic heterocycles. The third-order valence-corrected chi connectivity index (χ3v) is 3.50. The zero-order chi connectivity index (χ0) is 16.6. The summed E-state index contributed by atoms with van der Waals surface area (Å²) in [5, 5.41) is 45.8. The molecule has 0 atom stereocenters. The topological polar surface area (TPSA) is 177 Å². The van der Waals surface area contributed by atoms with Crippen molar-refractivity contribution in [3.05, 3.63) is 0 Å². The van der Waals surface area contributed by atoms with Gasteiger partial charge >= 0.3 is 7.82 Å². The minimum Gasteiger partial charge on any atom is -0.396 e. The Kier molecular flexibility index (Phi) is 9.05. The largest absolute Gasteiger partial charge is 0.469 e. The van der Waals surface area contributed by atoms with Crippen molar-refractivity contribution in [2.75, 3.05) is 52.9 Å². The SMILES string of the molecule is O=P(O)(O)OCC(CO)(CO)COCC(CO)(CO)CO. The molecule has 0 aliphatic carbocycles. The Labute approximate surface area is 121 Å². The molecule has 0 aromatic heterocycles. The number of aliphatic hydroxyl groups excluding tert-OH is 5. The van der Waals surface area contributed by atoms with E-state index in [1.807, 2.05) is 0 Å². The van der Waals surface area contributed by atoms with Crippen molar-refractivity contribution in [1.82, 2.24) is 0 Å². The molecule has 7 N–H and O–H groups in total. The van der Waals surface area contributed by atoms with Crippen molar-refractivity contribution < 1.29 is 49.1 Å². The molecular formula is C10H23O10P. The van der Waals surface area contributed by atoms with Crippen LogP contribution in [0, 0.1) is 10.8 Å². The number of ether oxygens (including phenoxy) is 1. The summed E-state index contributed by atoms with van der Waals surface area (Å²) in [4.78, 5) is 17.3. The summed E-state index contributed by atoms with van der Waals surface area (Å²) in [5.74, 6) is 0. The molecule has 0 heterocycles. The number of phosphoric acid groups is 1. The number of rotatable bonds is 12. The Morgan fingerprint density at radius 2 is 1.10 bits per heavy atom. The Morgan fingerprint density at radius 1 is 0.714 bits per heavy atom. The second kappa shape index (κ2) is 9.11. The van der Waals surface area contributed by atoms with Crippen LogP contribution in [-0.4, -0.2) is 88.2 Å². The molecule has 0 fully saturated rings. The molecule has 10 nitrogen and oxygen atoms in total. The van der Waals surface area contributed by atoms with E-state index < -0.39 is 58.3 Å². The van der Waals surface area contributed by atoms with Crippen LogP contribution in [0.1, 0.15) is 0 Å². The molecule has 0 aromatic carbocycles. The molecule has 0 unspecified atom stereocenters. The Balaban J connectivity index is 4.61. The van der Waals surface area contributed by atoms with Crippen molar-refractivity contribution >= 4 is 7.82 Å². The van der Waals surface area contributed by atoms with Gasteiger partial charge in [0.1, 0.15) is 0 Å². The van der Waals surface area contributed by atoms with E-state index in [1.165, 1.54) is 0 Å². The molecule has 21 heavy (non-hydrogen) atoms. The fraction of sp³-hybridized carbons (Fsp3) is 1.00. The van der Waals surface area contributed by atoms with Crippen LogP contribution >= 0.6 is 7.82 Å². The first-order valence-corrected chi connectivity index (χ1v) is 7.57. The molecule has 0 aromatic rings. The maximum absolute atomic E-state index is 10.7. The molecule has 0 aliphatic rings. The highest BCUT2D eigenvalue weighted by atomic mass is 31.2. The van der Waals surface area contributed by atoms with Crippen molar-refractivity contribution in [3.63, 3.8) is 0 Å². The van der Waals surface area contributed by atoms with Crippen LogP contribution in [0.5, 0.6) is 0 Å². The lowest BCUT2D eigenvalue weighted by molar-refractivity contribution is -0.102. The summed E-state index contributed by atoms with van der Waals surface area (Å²) in [5.41, 5.74) is -2.76. The van der Waals surface area contributed by atoms with Crippen LogP contribution in [0.2, 0.25) is 0 Å². The number of aliphatic hydroxyl groups is 5. The summed E-state index contributed by atoms with van der Waals surface area (Å²) in [6.45, 7) is -4.30. The van der Waals surface area contributed by atoms with Gasteiger partial charge in [-0.1, -0.05) is 0 Å². The number of hydrogen-bond donors (Lipinski definition) is 7. The quantitative estimate of drug-likeness (QED) is 0.182. The third-order valence-electron chi connectivity index (χ3n) is 3.03. The van der Waals surface area contributed by atoms with Crippen LogP contribution in [0.25, 0.3) is 0 Å². The third kappa shape index (κ3) is 7.11. The van der Waals surface area contributed by atoms with E-state index >= 15 is 0 Å². The van der Waals surface area contributed by atoms with Crippen LogP contribution in [0.15, 0.2) is 0 Å². The zero-order valence-electron chi connectivity index (χ0n) is 11.5. The Hall–Kier alpha value is -0.130. The van der Waals surface area contributed by atoms with Crippen LogP contribution in [-0.2, 0) is 13.8 Å². The van der Waals surface area contributed by atoms with Crippen molar-refractivity contribution in [2.24, 2.45) is 10.8 Å². The predicted molar refractivity (Wildman–Crippen MR) is 69.1 cm³/mol. The molecule has 0 rings (SSSR count). The second-order valence-corrected chi connectivity index (χ2v) is 6.29. The molecule has 0 saturated heterocycles. The molecule has 0 spiro atoms. The van der Waals surface area contributed by atoms with Gasteiger partial charge in [0.25, 0.3) is 0 Å². The van der Waals surface area contributed by atoms with Gasteiger partial charge in [-0.2, -0.15) is 0 Å². The number of hydrogen-bond acceptors (Lipinski definition) is 8. The lowest BCUT2D eigenvalue weighted by Crippen LogP contribution is -2.43. The van der Waals surface area contributed by atoms with Gasteiger partial charge in [0.2, 0.25) is 0 Å². The minimum atomic E-state index is -4.77. The minimum absolute atomic E-state index is 0.284. The average molecular weight is 334 g/mol. The van der Waals surface area contributed by atoms with Gasteiger partial charge < -0.3 is 40.1 Å². The number of phosphoric ester groups is 1. The average Bonchev–Trinajstić information content (AvgIpc) is 2.47. The van der Waals surface area contributed by atoms with Gasteiger partial charge in [-0.25, -0.2) is 4.57 Å². The van der Waals surface area contributed by atoms with E-state index in [1.54, 1.807) is 0 Å². The monoisotopic (exact) mass is 334 g/mol. The van der Waals surface area contributed by atoms with E-state index in [-0.39, 0.29) is 13.2 Å². The van der Waals surface area contributed by atoms with E-state index in [9.17, 15) is 14.8 Å². The molecular weight excluding hydrogens is 311 g/mol. The predicted octanol–water partition coefficient (Wildman–Crippen LogP) is -2.95. The molecule has 0 saturated carbocycles. The highest BCUT2D eigenvalue weighted by Crippen LogP contribution is 2.38. The molecule has 128 valence electrons. The Bertz CT molecular complexity index is 314. The van der Waals surface area contributed by atoms with Gasteiger partial charge in [0.15, 0.2) is 0 Å². The molecule has 0 radical (unpaired) electrons. The van der Waals surface area contributed by atoms with Gasteiger partial charge in [-0.05, 0) is 0 Å². The first kappa shape index (κ1) is 20.9. The van der Waals surface area contributed by atoms with Crippen LogP contribution in [0.4, 0.5) is 0 Å². The maximum Gasteiger partial charge on any atom is 0.469 e. The summed E-state index contributed by atoms with van der Waals surface area (Å²) in [6.07, 6.45) is 0. The second-order valence-electron chi connectivity index (χ2n) is 5.05. The standard InChI is InChI=1S/C10H23O10P/c11-1-9(2-12,3-13)6-19-7-10(4-14,5-15)8-20-21(16,17)18/h11-15H,1-8H2,(H2,16,17,18). The normalized spacial score (nSPS) is 13.7. The summed E-state index contributed by atoms with van der Waals surface area (Å²) >= 11 is 0. The lowest BCUT2D eigenvalue weighted by Gasteiger charge is -2.32. The Morgan fingerprint density at radius 3 is 1.43 bits per heavy atom. The first-order valence-electron chi connectivity index (χ1n) is 6.04. The highest BCUT2D eigenvalue weighted by molar-refractivity contribution is 7.46. The van der Waals surface area contributed by atoms with E-state index in [0.717, 1.165) is 0 Å². The first-order chi connectivity index (χ1) is 9.72. The van der Waals surface area contributed by atoms with Gasteiger partial charge in [0, 0.05) is 0 Å². The fourth-order valence-electron chi connectivity index (χ4n) is 1.27. The summed E-state index contributed by atoms with van der Waals surface area (Å²) in [7, 11) is -4.77. The van der Waals surface area contributed by atoms with Crippen molar-refractivity contribution in [3.8, 4) is 0 Å². The van der Waals surface area contributed by atoms with Gasteiger partial charge in [0.05, 0.1) is 63.7 Å². The fourth-order valence-corrected chi connectivity index (χ4v) is 1.71. The molecule has 0 bridgehead atoms. The highest BCUT2D eigenvalue weighted by Gasteiger charge is 2.35. The summed E-state index contributed by atoms with van der Waals surface area (Å²) < 4.78 is 20.1. The van der Waals surface area contributed by atoms with Crippen LogP contribution in [0.3, 0.4) is 0 Å². The van der Waals surface area contributed by atoms with E-state index in [4.69, 9.17) is 29.8 Å². The zero-order valence-corrected chi connectivity index (χ0v) is 12.4. The summed E-state index contributed by atoms with van der Waals surface area (Å²) in [6, 6.07) is 0.